The van der Waals surface area contributed by atoms with Crippen molar-refractivity contribution in [3.05, 3.63) is 22.4 Å². The molecule has 0 aliphatic heterocycles. The number of hydrogen-bond donors (Lipinski definition) is 1. The summed E-state index contributed by atoms with van der Waals surface area (Å²) < 4.78 is 15.9. The number of unbranched alkanes of at least 4 members (excludes halogenated alkanes) is 1. The summed E-state index contributed by atoms with van der Waals surface area (Å²) in [5.41, 5.74) is 7.37. The Labute approximate surface area is 120 Å². The van der Waals surface area contributed by atoms with Crippen molar-refractivity contribution in [1.29, 1.82) is 0 Å². The zero-order valence-corrected chi connectivity index (χ0v) is 12.7. The van der Waals surface area contributed by atoms with Gasteiger partial charge in [-0.2, -0.15) is 0 Å². The average molecular weight is 329 g/mol. The van der Waals surface area contributed by atoms with Crippen molar-refractivity contribution >= 4 is 32.9 Å². The highest BCUT2D eigenvalue weighted by Gasteiger charge is 2.11. The van der Waals surface area contributed by atoms with Crippen LogP contribution in [0.4, 0.5) is 10.3 Å². The maximum atomic E-state index is 13.6. The van der Waals surface area contributed by atoms with Gasteiger partial charge in [-0.25, -0.2) is 9.37 Å². The molecule has 0 spiro atoms. The molecular formula is C13H18BrFN4. The molecule has 2 aromatic rings. The van der Waals surface area contributed by atoms with Crippen molar-refractivity contribution < 1.29 is 4.39 Å². The van der Waals surface area contributed by atoms with Gasteiger partial charge in [-0.1, -0.05) is 0 Å². The number of imidazole rings is 1. The van der Waals surface area contributed by atoms with Crippen LogP contribution < -0.4 is 5.73 Å². The van der Waals surface area contributed by atoms with Gasteiger partial charge in [0.2, 0.25) is 5.95 Å². The molecule has 1 aromatic carbocycles. The van der Waals surface area contributed by atoms with E-state index in [9.17, 15) is 4.39 Å². The van der Waals surface area contributed by atoms with E-state index < -0.39 is 0 Å². The fourth-order valence-corrected chi connectivity index (χ4v) is 2.40. The lowest BCUT2D eigenvalue weighted by molar-refractivity contribution is 0.388. The summed E-state index contributed by atoms with van der Waals surface area (Å²) in [5, 5.41) is 0. The van der Waals surface area contributed by atoms with Gasteiger partial charge in [-0.3, -0.25) is 0 Å². The summed E-state index contributed by atoms with van der Waals surface area (Å²) in [6.45, 7) is 1.80. The first kappa shape index (κ1) is 14.3. The molecule has 0 unspecified atom stereocenters. The second-order valence-corrected chi connectivity index (χ2v) is 5.74. The summed E-state index contributed by atoms with van der Waals surface area (Å²) in [6, 6.07) is 3.14. The van der Waals surface area contributed by atoms with Crippen LogP contribution in [0.3, 0.4) is 0 Å². The third-order valence-corrected chi connectivity index (χ3v) is 3.66. The van der Waals surface area contributed by atoms with Crippen molar-refractivity contribution in [2.45, 2.75) is 19.4 Å². The smallest absolute Gasteiger partial charge is 0.201 e. The van der Waals surface area contributed by atoms with Crippen LogP contribution in [0.2, 0.25) is 0 Å². The van der Waals surface area contributed by atoms with Gasteiger partial charge in [0.25, 0.3) is 0 Å². The van der Waals surface area contributed by atoms with E-state index in [-0.39, 0.29) is 5.82 Å². The van der Waals surface area contributed by atoms with Crippen LogP contribution in [0, 0.1) is 5.82 Å². The van der Waals surface area contributed by atoms with E-state index in [1.54, 1.807) is 6.07 Å². The van der Waals surface area contributed by atoms with Crippen LogP contribution >= 0.6 is 15.9 Å². The first-order valence-electron chi connectivity index (χ1n) is 6.24. The first-order chi connectivity index (χ1) is 8.99. The van der Waals surface area contributed by atoms with Crippen molar-refractivity contribution in [1.82, 2.24) is 14.5 Å². The zero-order chi connectivity index (χ0) is 14.0. The lowest BCUT2D eigenvalue weighted by Gasteiger charge is -2.10. The maximum Gasteiger partial charge on any atom is 0.201 e. The number of nitrogens with two attached hydrogens (primary N) is 1. The maximum absolute atomic E-state index is 13.6. The number of hydrogen-bond acceptors (Lipinski definition) is 3. The van der Waals surface area contributed by atoms with Crippen LogP contribution in [-0.2, 0) is 6.54 Å². The molecule has 0 aliphatic rings. The predicted octanol–water partition coefficient (Wildman–Crippen LogP) is 2.86. The standard InChI is InChI=1S/C13H18BrFN4/c1-18(2)5-3-4-6-19-12-8-10(15)9(14)7-11(12)17-13(19)16/h7-8H,3-6H2,1-2H3,(H2,16,17). The molecule has 1 aromatic heterocycles. The van der Waals surface area contributed by atoms with Crippen LogP contribution in [0.15, 0.2) is 16.6 Å². The molecule has 0 atom stereocenters. The molecule has 0 saturated heterocycles. The highest BCUT2D eigenvalue weighted by molar-refractivity contribution is 9.10. The molecule has 2 rings (SSSR count). The molecular weight excluding hydrogens is 311 g/mol. The number of nitrogen functional groups attached to an aromatic ring is 1. The van der Waals surface area contributed by atoms with E-state index in [1.807, 2.05) is 18.7 Å². The van der Waals surface area contributed by atoms with Crippen molar-refractivity contribution in [2.75, 3.05) is 26.4 Å². The molecule has 0 radical (unpaired) electrons. The summed E-state index contributed by atoms with van der Waals surface area (Å²) in [4.78, 5) is 6.41. The number of halogens is 2. The van der Waals surface area contributed by atoms with Gasteiger partial charge in [0.1, 0.15) is 5.82 Å². The molecule has 1 heterocycles. The third kappa shape index (κ3) is 3.25. The molecule has 0 aliphatic carbocycles. The normalized spacial score (nSPS) is 11.6. The van der Waals surface area contributed by atoms with Crippen LogP contribution in [-0.4, -0.2) is 35.1 Å². The Hall–Kier alpha value is -1.14. The molecule has 19 heavy (non-hydrogen) atoms. The fourth-order valence-electron chi connectivity index (χ4n) is 2.07. The number of anilines is 1. The predicted molar refractivity (Wildman–Crippen MR) is 79.6 cm³/mol. The van der Waals surface area contributed by atoms with Gasteiger partial charge >= 0.3 is 0 Å². The summed E-state index contributed by atoms with van der Waals surface area (Å²) >= 11 is 3.16. The monoisotopic (exact) mass is 328 g/mol. The number of nitrogens with zero attached hydrogens (tertiary/aromatic N) is 3. The molecule has 104 valence electrons. The molecule has 0 fully saturated rings. The molecule has 0 amide bonds. The average Bonchev–Trinajstić information content (AvgIpc) is 2.61. The molecule has 2 N–H and O–H groups in total. The Morgan fingerprint density at radius 3 is 2.79 bits per heavy atom. The molecule has 0 saturated carbocycles. The third-order valence-electron chi connectivity index (χ3n) is 3.06. The topological polar surface area (TPSA) is 47.1 Å². The van der Waals surface area contributed by atoms with Crippen LogP contribution in [0.25, 0.3) is 11.0 Å². The number of rotatable bonds is 5. The van der Waals surface area contributed by atoms with Crippen molar-refractivity contribution in [3.8, 4) is 0 Å². The lowest BCUT2D eigenvalue weighted by atomic mass is 10.2. The van der Waals surface area contributed by atoms with Gasteiger partial charge < -0.3 is 15.2 Å². The minimum Gasteiger partial charge on any atom is -0.369 e. The van der Waals surface area contributed by atoms with Crippen LogP contribution in [0.1, 0.15) is 12.8 Å². The Balaban J connectivity index is 2.18. The number of aryl methyl sites for hydroxylation is 1. The van der Waals surface area contributed by atoms with E-state index in [4.69, 9.17) is 5.73 Å². The molecule has 0 bridgehead atoms. The Bertz CT molecular complexity index is 580. The van der Waals surface area contributed by atoms with Gasteiger partial charge in [0.05, 0.1) is 15.5 Å². The van der Waals surface area contributed by atoms with Gasteiger partial charge in [-0.15, -0.1) is 0 Å². The minimum absolute atomic E-state index is 0.290. The van der Waals surface area contributed by atoms with Gasteiger partial charge in [-0.05, 0) is 55.5 Å². The molecule has 4 nitrogen and oxygen atoms in total. The largest absolute Gasteiger partial charge is 0.369 e. The van der Waals surface area contributed by atoms with E-state index in [0.29, 0.717) is 10.4 Å². The fraction of sp³-hybridized carbons (Fsp3) is 0.462. The zero-order valence-electron chi connectivity index (χ0n) is 11.2. The van der Waals surface area contributed by atoms with E-state index in [0.717, 1.165) is 37.0 Å². The lowest BCUT2D eigenvalue weighted by Crippen LogP contribution is -2.13. The Morgan fingerprint density at radius 2 is 2.11 bits per heavy atom. The Kier molecular flexibility index (Phi) is 4.42. The highest BCUT2D eigenvalue weighted by atomic mass is 79.9. The van der Waals surface area contributed by atoms with Crippen molar-refractivity contribution in [2.24, 2.45) is 0 Å². The quantitative estimate of drug-likeness (QED) is 0.858. The first-order valence-corrected chi connectivity index (χ1v) is 7.04. The molecule has 6 heteroatoms. The van der Waals surface area contributed by atoms with Crippen molar-refractivity contribution in [3.63, 3.8) is 0 Å². The minimum atomic E-state index is -0.290. The number of aromatic nitrogens is 2. The highest BCUT2D eigenvalue weighted by Crippen LogP contribution is 2.25. The summed E-state index contributed by atoms with van der Waals surface area (Å²) in [5.74, 6) is 0.152. The van der Waals surface area contributed by atoms with Gasteiger partial charge in [0.15, 0.2) is 0 Å². The second kappa shape index (κ2) is 5.88. The summed E-state index contributed by atoms with van der Waals surface area (Å²) in [6.07, 6.45) is 2.07. The number of benzene rings is 1. The van der Waals surface area contributed by atoms with E-state index >= 15 is 0 Å². The number of fused-ring (bicyclic) bond motifs is 1. The van der Waals surface area contributed by atoms with E-state index in [1.165, 1.54) is 6.07 Å². The van der Waals surface area contributed by atoms with Gasteiger partial charge in [0, 0.05) is 12.6 Å². The van der Waals surface area contributed by atoms with E-state index in [2.05, 4.69) is 25.8 Å². The SMILES string of the molecule is CN(C)CCCCn1c(N)nc2cc(Br)c(F)cc21. The second-order valence-electron chi connectivity index (χ2n) is 4.89. The van der Waals surface area contributed by atoms with Crippen LogP contribution in [0.5, 0.6) is 0 Å². The summed E-state index contributed by atoms with van der Waals surface area (Å²) in [7, 11) is 4.10. The Morgan fingerprint density at radius 1 is 1.37 bits per heavy atom.